The number of hydrogen-bond acceptors (Lipinski definition) is 15. The van der Waals surface area contributed by atoms with E-state index in [2.05, 4.69) is 41.5 Å². The summed E-state index contributed by atoms with van der Waals surface area (Å²) in [6.07, 6.45) is 38.3. The Morgan fingerprint density at radius 1 is 0.274 bits per heavy atom. The van der Waals surface area contributed by atoms with Gasteiger partial charge in [0.25, 0.3) is 0 Å². The molecule has 84 heavy (non-hydrogen) atoms. The van der Waals surface area contributed by atoms with E-state index in [1.165, 1.54) is 212 Å². The zero-order chi connectivity index (χ0) is 64.6. The van der Waals surface area contributed by atoms with Gasteiger partial charge in [0, 0.05) is 19.3 Å². The fourth-order valence-electron chi connectivity index (χ4n) is 9.03. The third-order valence-corrected chi connectivity index (χ3v) is 14.6. The fourth-order valence-corrected chi connectivity index (χ4v) is 9.03. The van der Waals surface area contributed by atoms with Gasteiger partial charge in [-0.3, -0.25) is 14.4 Å². The first-order chi connectivity index (χ1) is 40.0. The molecular formula is C66H132O18. The minimum Gasteiger partial charge on any atom is -0.481 e. The zero-order valence-corrected chi connectivity index (χ0v) is 54.0. The molecular weight excluding hydrogens is 1080 g/mol. The molecule has 0 amide bonds. The van der Waals surface area contributed by atoms with Crippen molar-refractivity contribution in [2.75, 3.05) is 13.2 Å². The molecule has 0 radical (unpaired) electrons. The van der Waals surface area contributed by atoms with Gasteiger partial charge in [-0.2, -0.15) is 0 Å². The van der Waals surface area contributed by atoms with Gasteiger partial charge in [-0.15, -0.1) is 0 Å². The molecule has 13 N–H and O–H groups in total. The van der Waals surface area contributed by atoms with Gasteiger partial charge in [0.05, 0.1) is 13.2 Å². The summed E-state index contributed by atoms with van der Waals surface area (Å²) in [6.45, 7) is 12.3. The second-order valence-corrected chi connectivity index (χ2v) is 24.4. The third-order valence-electron chi connectivity index (χ3n) is 14.6. The first kappa shape index (κ1) is 90.1. The molecule has 0 aromatic heterocycles. The van der Waals surface area contributed by atoms with Crippen LogP contribution in [0.2, 0.25) is 0 Å². The van der Waals surface area contributed by atoms with Crippen LogP contribution in [0.25, 0.3) is 0 Å². The average molecular weight is 1210 g/mol. The lowest BCUT2D eigenvalue weighted by molar-refractivity contribution is -0.138. The number of unbranched alkanes of at least 4 members (excludes halogenated alkanes) is 33. The van der Waals surface area contributed by atoms with Crippen LogP contribution in [0.4, 0.5) is 0 Å². The molecule has 504 valence electrons. The lowest BCUT2D eigenvalue weighted by Crippen LogP contribution is -2.46. The highest BCUT2D eigenvalue weighted by atomic mass is 16.4. The van der Waals surface area contributed by atoms with Gasteiger partial charge in [-0.05, 0) is 37.0 Å². The lowest BCUT2D eigenvalue weighted by Gasteiger charge is -2.22. The molecule has 0 saturated carbocycles. The largest absolute Gasteiger partial charge is 0.481 e. The number of aldehydes is 2. The highest BCUT2D eigenvalue weighted by Crippen LogP contribution is 2.18. The number of aliphatic hydroxyl groups is 10. The van der Waals surface area contributed by atoms with Crippen LogP contribution in [-0.2, 0) is 24.0 Å². The summed E-state index contributed by atoms with van der Waals surface area (Å²) >= 11 is 0. The third kappa shape index (κ3) is 75.4. The van der Waals surface area contributed by atoms with Gasteiger partial charge in [-0.25, -0.2) is 0 Å². The molecule has 0 fully saturated rings. The first-order valence-corrected chi connectivity index (χ1v) is 33.2. The van der Waals surface area contributed by atoms with Gasteiger partial charge in [0.1, 0.15) is 48.8 Å². The van der Waals surface area contributed by atoms with Crippen molar-refractivity contribution >= 4 is 30.5 Å². The highest BCUT2D eigenvalue weighted by molar-refractivity contribution is 5.67. The molecule has 0 aliphatic carbocycles. The minimum atomic E-state index is -1.79. The predicted molar refractivity (Wildman–Crippen MR) is 336 cm³/mol. The second kappa shape index (κ2) is 69.5. The quantitative estimate of drug-likeness (QED) is 0.0199. The molecule has 0 aromatic rings. The number of aliphatic carboxylic acids is 3. The molecule has 18 nitrogen and oxygen atoms in total. The van der Waals surface area contributed by atoms with E-state index in [0.717, 1.165) is 56.3 Å². The summed E-state index contributed by atoms with van der Waals surface area (Å²) in [5, 5.41) is 113. The topological polar surface area (TPSA) is 348 Å². The number of aliphatic hydroxyl groups excluding tert-OH is 10. The normalized spacial score (nSPS) is 14.0. The van der Waals surface area contributed by atoms with Crippen molar-refractivity contribution in [3.63, 3.8) is 0 Å². The zero-order valence-electron chi connectivity index (χ0n) is 54.0. The van der Waals surface area contributed by atoms with Gasteiger partial charge < -0.3 is 76.0 Å². The maximum atomic E-state index is 10.3. The van der Waals surface area contributed by atoms with Crippen molar-refractivity contribution in [1.82, 2.24) is 0 Å². The van der Waals surface area contributed by atoms with Crippen molar-refractivity contribution in [3.05, 3.63) is 0 Å². The Morgan fingerprint density at radius 3 is 0.560 bits per heavy atom. The first-order valence-electron chi connectivity index (χ1n) is 33.2. The standard InChI is InChI=1S/3C18H36O2.2C6H12O6/c3*1-17(2)15-13-11-9-7-5-3-4-6-8-10-12-14-16-18(19)20;2*7-1-3(9)5(11)6(12)4(10)2-8/h3*17H,3-16H2,1-2H3,(H,19,20);2*1,3-6,8-12H,2H2/t;;;2*3-,4+,5+,6+/m...00/s1. The number of carboxylic acids is 3. The molecule has 0 saturated heterocycles. The Hall–Kier alpha value is -2.65. The lowest BCUT2D eigenvalue weighted by atomic mass is 10.0. The maximum Gasteiger partial charge on any atom is 0.303 e. The summed E-state index contributed by atoms with van der Waals surface area (Å²) in [7, 11) is 0. The van der Waals surface area contributed by atoms with Crippen LogP contribution in [0.1, 0.15) is 311 Å². The summed E-state index contributed by atoms with van der Waals surface area (Å²) < 4.78 is 0. The SMILES string of the molecule is CC(C)CCCCCCCCCCCCCCC(=O)O.CC(C)CCCCCCCCCCCCCCC(=O)O.CC(C)CCCCCCCCCCCCCCC(=O)O.O=C[C@H](O)[C@@H](O)[C@H](O)[C@H](O)CO.O=C[C@H](O)[C@@H](O)[C@H](O)[C@H](O)CO. The van der Waals surface area contributed by atoms with Gasteiger partial charge in [0.2, 0.25) is 0 Å². The monoisotopic (exact) mass is 1210 g/mol. The van der Waals surface area contributed by atoms with Crippen molar-refractivity contribution in [2.24, 2.45) is 17.8 Å². The summed E-state index contributed by atoms with van der Waals surface area (Å²) in [6, 6.07) is 0. The van der Waals surface area contributed by atoms with E-state index in [9.17, 15) is 24.0 Å². The summed E-state index contributed by atoms with van der Waals surface area (Å²) in [5.41, 5.74) is 0. The smallest absolute Gasteiger partial charge is 0.303 e. The molecule has 0 spiro atoms. The number of rotatable bonds is 55. The second-order valence-electron chi connectivity index (χ2n) is 24.4. The molecule has 0 aliphatic heterocycles. The van der Waals surface area contributed by atoms with E-state index in [0.29, 0.717) is 19.3 Å². The van der Waals surface area contributed by atoms with E-state index in [1.54, 1.807) is 0 Å². The number of hydrogen-bond donors (Lipinski definition) is 13. The Bertz CT molecular complexity index is 1240. The number of carboxylic acid groups (broad SMARTS) is 3. The van der Waals surface area contributed by atoms with Gasteiger partial charge in [-0.1, -0.05) is 273 Å². The van der Waals surface area contributed by atoms with E-state index in [4.69, 9.17) is 66.4 Å². The Morgan fingerprint density at radius 2 is 0.429 bits per heavy atom. The van der Waals surface area contributed by atoms with E-state index in [-0.39, 0.29) is 12.6 Å². The number of carbonyl (C=O) groups excluding carboxylic acids is 2. The van der Waals surface area contributed by atoms with E-state index in [1.807, 2.05) is 0 Å². The average Bonchev–Trinajstić information content (AvgIpc) is 3.59. The fraction of sp³-hybridized carbons (Fsp3) is 0.924. The molecule has 0 aromatic carbocycles. The van der Waals surface area contributed by atoms with Gasteiger partial charge in [0.15, 0.2) is 12.6 Å². The van der Waals surface area contributed by atoms with Crippen LogP contribution in [0, 0.1) is 17.8 Å². The maximum absolute atomic E-state index is 10.3. The van der Waals surface area contributed by atoms with Crippen LogP contribution in [0.5, 0.6) is 0 Å². The highest BCUT2D eigenvalue weighted by Gasteiger charge is 2.30. The van der Waals surface area contributed by atoms with Crippen LogP contribution < -0.4 is 0 Å². The van der Waals surface area contributed by atoms with Crippen LogP contribution in [0.15, 0.2) is 0 Å². The molecule has 0 heterocycles. The molecule has 0 bridgehead atoms. The van der Waals surface area contributed by atoms with Crippen LogP contribution in [-0.4, -0.2) is 159 Å². The summed E-state index contributed by atoms with van der Waals surface area (Å²) in [5.74, 6) is 0.636. The van der Waals surface area contributed by atoms with Crippen molar-refractivity contribution < 1.29 is 90.4 Å². The molecule has 18 heteroatoms. The molecule has 0 rings (SSSR count). The molecule has 8 atom stereocenters. The Kier molecular flexibility index (Phi) is 74.5. The molecule has 0 unspecified atom stereocenters. The Labute approximate surface area is 510 Å². The van der Waals surface area contributed by atoms with E-state index >= 15 is 0 Å². The van der Waals surface area contributed by atoms with Crippen molar-refractivity contribution in [1.29, 1.82) is 0 Å². The van der Waals surface area contributed by atoms with Crippen LogP contribution >= 0.6 is 0 Å². The number of carbonyl (C=O) groups is 5. The summed E-state index contributed by atoms with van der Waals surface area (Å²) in [4.78, 5) is 50.8. The van der Waals surface area contributed by atoms with Gasteiger partial charge >= 0.3 is 17.9 Å². The van der Waals surface area contributed by atoms with Crippen LogP contribution in [0.3, 0.4) is 0 Å². The van der Waals surface area contributed by atoms with Crippen molar-refractivity contribution in [3.8, 4) is 0 Å². The predicted octanol–water partition coefficient (Wildman–Crippen LogP) is 11.8. The Balaban J connectivity index is -0.000000315. The molecule has 0 aliphatic rings. The van der Waals surface area contributed by atoms with E-state index < -0.39 is 80.0 Å². The minimum absolute atomic E-state index is 0.0258. The van der Waals surface area contributed by atoms with Crippen molar-refractivity contribution in [2.45, 2.75) is 360 Å².